The molecule has 0 bridgehead atoms. The molecule has 0 unspecified atom stereocenters. The average molecular weight is 248 g/mol. The summed E-state index contributed by atoms with van der Waals surface area (Å²) in [5.74, 6) is 0.196. The normalized spacial score (nSPS) is 17.7. The minimum Gasteiger partial charge on any atom is -0.398 e. The molecule has 4 heteroatoms. The predicted octanol–water partition coefficient (Wildman–Crippen LogP) is 1.04. The largest absolute Gasteiger partial charge is 0.398 e. The van der Waals surface area contributed by atoms with Gasteiger partial charge in [-0.2, -0.15) is 0 Å². The van der Waals surface area contributed by atoms with E-state index >= 15 is 0 Å². The number of hydrogen-bond donors (Lipinski definition) is 2. The number of β-amino-alcohol motifs (C(OH)–C–C–N with tert-alkyl or cyclic N) is 1. The van der Waals surface area contributed by atoms with Crippen molar-refractivity contribution >= 4 is 11.6 Å². The fourth-order valence-corrected chi connectivity index (χ4v) is 2.13. The van der Waals surface area contributed by atoms with Crippen LogP contribution in [0.3, 0.4) is 0 Å². The first-order valence-corrected chi connectivity index (χ1v) is 6.26. The Morgan fingerprint density at radius 1 is 1.44 bits per heavy atom. The summed E-state index contributed by atoms with van der Waals surface area (Å²) in [5.41, 5.74) is 6.59. The molecule has 1 aromatic rings. The molecule has 98 valence electrons. The number of nitrogen functional groups attached to an aromatic ring is 1. The molecule has 1 aliphatic rings. The summed E-state index contributed by atoms with van der Waals surface area (Å²) >= 11 is 0. The monoisotopic (exact) mass is 248 g/mol. The summed E-state index contributed by atoms with van der Waals surface area (Å²) in [6.45, 7) is 4.79. The molecule has 4 nitrogen and oxygen atoms in total. The molecule has 0 radical (unpaired) electrons. The standard InChI is InChI=1S/C14H20N2O2/c1-10(2)14(18)8-16(9-14)13(17)7-11-5-3-4-6-12(11)15/h3-6,10,18H,7-9,15H2,1-2H3. The summed E-state index contributed by atoms with van der Waals surface area (Å²) in [6, 6.07) is 7.38. The number of aliphatic hydroxyl groups is 1. The Kier molecular flexibility index (Phi) is 3.30. The van der Waals surface area contributed by atoms with Crippen LogP contribution in [0.2, 0.25) is 0 Å². The van der Waals surface area contributed by atoms with Gasteiger partial charge in [-0.15, -0.1) is 0 Å². The Balaban J connectivity index is 1.94. The minimum atomic E-state index is -0.710. The molecule has 0 aromatic heterocycles. The second-order valence-electron chi connectivity index (χ2n) is 5.38. The number of amides is 1. The van der Waals surface area contributed by atoms with Gasteiger partial charge >= 0.3 is 0 Å². The van der Waals surface area contributed by atoms with Gasteiger partial charge in [0, 0.05) is 5.69 Å². The lowest BCUT2D eigenvalue weighted by Gasteiger charge is -2.49. The van der Waals surface area contributed by atoms with E-state index in [1.165, 1.54) is 0 Å². The van der Waals surface area contributed by atoms with E-state index in [2.05, 4.69) is 0 Å². The third kappa shape index (κ3) is 2.34. The Morgan fingerprint density at radius 3 is 2.61 bits per heavy atom. The third-order valence-corrected chi connectivity index (χ3v) is 3.75. The molecule has 1 aromatic carbocycles. The van der Waals surface area contributed by atoms with Gasteiger partial charge in [0.25, 0.3) is 0 Å². The SMILES string of the molecule is CC(C)C1(O)CN(C(=O)Cc2ccccc2N)C1. The summed E-state index contributed by atoms with van der Waals surface area (Å²) < 4.78 is 0. The minimum absolute atomic E-state index is 0.0261. The number of rotatable bonds is 3. The molecule has 3 N–H and O–H groups in total. The van der Waals surface area contributed by atoms with Crippen LogP contribution in [0, 0.1) is 5.92 Å². The smallest absolute Gasteiger partial charge is 0.227 e. The number of benzene rings is 1. The maximum atomic E-state index is 12.0. The van der Waals surface area contributed by atoms with E-state index < -0.39 is 5.60 Å². The lowest BCUT2D eigenvalue weighted by molar-refractivity contribution is -0.163. The number of anilines is 1. The molecule has 0 aliphatic carbocycles. The second-order valence-corrected chi connectivity index (χ2v) is 5.38. The fourth-order valence-electron chi connectivity index (χ4n) is 2.13. The first kappa shape index (κ1) is 12.9. The van der Waals surface area contributed by atoms with Crippen molar-refractivity contribution in [3.05, 3.63) is 29.8 Å². The molecule has 1 aliphatic heterocycles. The summed E-state index contributed by atoms with van der Waals surface area (Å²) in [6.07, 6.45) is 0.306. The fraction of sp³-hybridized carbons (Fsp3) is 0.500. The van der Waals surface area contributed by atoms with Crippen LogP contribution in [0.4, 0.5) is 5.69 Å². The highest BCUT2D eigenvalue weighted by molar-refractivity contribution is 5.81. The van der Waals surface area contributed by atoms with Crippen molar-refractivity contribution in [2.75, 3.05) is 18.8 Å². The lowest BCUT2D eigenvalue weighted by atomic mass is 9.82. The van der Waals surface area contributed by atoms with Crippen LogP contribution >= 0.6 is 0 Å². The van der Waals surface area contributed by atoms with E-state index in [1.807, 2.05) is 32.0 Å². The van der Waals surface area contributed by atoms with Crippen molar-refractivity contribution in [2.24, 2.45) is 5.92 Å². The van der Waals surface area contributed by atoms with Gasteiger partial charge in [0.2, 0.25) is 5.91 Å². The summed E-state index contributed by atoms with van der Waals surface area (Å²) in [7, 11) is 0. The van der Waals surface area contributed by atoms with Crippen molar-refractivity contribution < 1.29 is 9.90 Å². The number of likely N-dealkylation sites (tertiary alicyclic amines) is 1. The van der Waals surface area contributed by atoms with Crippen LogP contribution in [-0.2, 0) is 11.2 Å². The van der Waals surface area contributed by atoms with Gasteiger partial charge < -0.3 is 15.7 Å². The van der Waals surface area contributed by atoms with Crippen LogP contribution in [0.15, 0.2) is 24.3 Å². The van der Waals surface area contributed by atoms with E-state index in [0.717, 1.165) is 5.56 Å². The first-order chi connectivity index (χ1) is 8.42. The zero-order valence-corrected chi connectivity index (χ0v) is 10.9. The summed E-state index contributed by atoms with van der Waals surface area (Å²) in [4.78, 5) is 13.7. The molecule has 1 saturated heterocycles. The lowest BCUT2D eigenvalue weighted by Crippen LogP contribution is -2.66. The second kappa shape index (κ2) is 4.61. The maximum Gasteiger partial charge on any atom is 0.227 e. The molecule has 1 amide bonds. The maximum absolute atomic E-state index is 12.0. The number of hydrogen-bond acceptors (Lipinski definition) is 3. The van der Waals surface area contributed by atoms with Gasteiger partial charge in [-0.05, 0) is 17.5 Å². The molecule has 0 atom stereocenters. The predicted molar refractivity (Wildman–Crippen MR) is 70.9 cm³/mol. The van der Waals surface area contributed by atoms with Gasteiger partial charge in [-0.25, -0.2) is 0 Å². The number of nitrogens with two attached hydrogens (primary N) is 1. The Morgan fingerprint density at radius 2 is 2.06 bits per heavy atom. The highest BCUT2D eigenvalue weighted by Gasteiger charge is 2.45. The van der Waals surface area contributed by atoms with Crippen LogP contribution in [-0.4, -0.2) is 34.6 Å². The number of nitrogens with zero attached hydrogens (tertiary/aromatic N) is 1. The molecule has 0 saturated carbocycles. The van der Waals surface area contributed by atoms with Gasteiger partial charge in [-0.1, -0.05) is 32.0 Å². The zero-order chi connectivity index (χ0) is 13.3. The van der Waals surface area contributed by atoms with Crippen molar-refractivity contribution in [1.29, 1.82) is 0 Å². The molecular formula is C14H20N2O2. The molecule has 18 heavy (non-hydrogen) atoms. The van der Waals surface area contributed by atoms with Crippen LogP contribution < -0.4 is 5.73 Å². The third-order valence-electron chi connectivity index (χ3n) is 3.75. The molecular weight excluding hydrogens is 228 g/mol. The number of carbonyl (C=O) groups is 1. The van der Waals surface area contributed by atoms with Gasteiger partial charge in [-0.3, -0.25) is 4.79 Å². The van der Waals surface area contributed by atoms with Crippen LogP contribution in [0.25, 0.3) is 0 Å². The van der Waals surface area contributed by atoms with E-state index in [4.69, 9.17) is 5.73 Å². The Bertz CT molecular complexity index is 451. The molecule has 1 fully saturated rings. The van der Waals surface area contributed by atoms with Crippen molar-refractivity contribution in [1.82, 2.24) is 4.90 Å². The number of para-hydroxylation sites is 1. The summed E-state index contributed by atoms with van der Waals surface area (Å²) in [5, 5.41) is 10.1. The highest BCUT2D eigenvalue weighted by Crippen LogP contribution is 2.29. The highest BCUT2D eigenvalue weighted by atomic mass is 16.3. The van der Waals surface area contributed by atoms with Gasteiger partial charge in [0.1, 0.15) is 5.60 Å². The molecule has 1 heterocycles. The van der Waals surface area contributed by atoms with E-state index in [1.54, 1.807) is 11.0 Å². The van der Waals surface area contributed by atoms with Crippen LogP contribution in [0.5, 0.6) is 0 Å². The van der Waals surface area contributed by atoms with Crippen molar-refractivity contribution in [3.63, 3.8) is 0 Å². The average Bonchev–Trinajstić information content (AvgIpc) is 2.27. The first-order valence-electron chi connectivity index (χ1n) is 6.26. The van der Waals surface area contributed by atoms with Crippen molar-refractivity contribution in [3.8, 4) is 0 Å². The topological polar surface area (TPSA) is 66.6 Å². The number of carbonyl (C=O) groups excluding carboxylic acids is 1. The van der Waals surface area contributed by atoms with E-state index in [9.17, 15) is 9.90 Å². The Labute approximate surface area is 107 Å². The zero-order valence-electron chi connectivity index (χ0n) is 10.9. The van der Waals surface area contributed by atoms with Crippen LogP contribution in [0.1, 0.15) is 19.4 Å². The van der Waals surface area contributed by atoms with E-state index in [-0.39, 0.29) is 11.8 Å². The quantitative estimate of drug-likeness (QED) is 0.785. The van der Waals surface area contributed by atoms with Gasteiger partial charge in [0.05, 0.1) is 19.5 Å². The van der Waals surface area contributed by atoms with Crippen molar-refractivity contribution in [2.45, 2.75) is 25.9 Å². The Hall–Kier alpha value is -1.55. The molecule has 2 rings (SSSR count). The van der Waals surface area contributed by atoms with E-state index in [0.29, 0.717) is 25.2 Å². The van der Waals surface area contributed by atoms with Gasteiger partial charge in [0.15, 0.2) is 0 Å². The molecule has 0 spiro atoms.